The number of hydrogen-bond acceptors (Lipinski definition) is 8. The van der Waals surface area contributed by atoms with Crippen molar-refractivity contribution in [3.8, 4) is 23.0 Å². The Kier molecular flexibility index (Phi) is 8.75. The largest absolute Gasteiger partial charge is 0.504 e. The number of carbonyl (C=O) groups is 2. The van der Waals surface area contributed by atoms with Crippen LogP contribution >= 0.6 is 0 Å². The van der Waals surface area contributed by atoms with E-state index < -0.39 is 22.1 Å². The Hall–Kier alpha value is -4.60. The second-order valence-electron chi connectivity index (χ2n) is 6.41. The minimum absolute atomic E-state index is 0.0399. The van der Waals surface area contributed by atoms with Crippen LogP contribution in [0.5, 0.6) is 23.0 Å². The van der Waals surface area contributed by atoms with Crippen molar-refractivity contribution in [1.82, 2.24) is 0 Å². The van der Waals surface area contributed by atoms with Gasteiger partial charge in [-0.05, 0) is 23.8 Å². The van der Waals surface area contributed by atoms with Crippen LogP contribution in [0.3, 0.4) is 0 Å². The van der Waals surface area contributed by atoms with E-state index in [1.807, 2.05) is 30.3 Å². The van der Waals surface area contributed by atoms with E-state index in [1.54, 1.807) is 0 Å². The number of carboxylic acids is 1. The molecule has 0 radical (unpaired) electrons. The number of phenolic OH excluding ortho intramolecular Hbond substituents is 1. The second kappa shape index (κ2) is 11.7. The summed E-state index contributed by atoms with van der Waals surface area (Å²) in [5, 5.41) is 29.1. The fourth-order valence-electron chi connectivity index (χ4n) is 2.65. The van der Waals surface area contributed by atoms with Crippen LogP contribution in [0.4, 0.5) is 5.69 Å². The lowest BCUT2D eigenvalue weighted by Crippen LogP contribution is -2.05. The van der Waals surface area contributed by atoms with Crippen molar-refractivity contribution in [2.24, 2.45) is 0 Å². The first kappa shape index (κ1) is 24.7. The summed E-state index contributed by atoms with van der Waals surface area (Å²) in [7, 11) is 2.77. The van der Waals surface area contributed by atoms with Crippen LogP contribution in [-0.4, -0.2) is 41.6 Å². The maximum atomic E-state index is 11.1. The van der Waals surface area contributed by atoms with Gasteiger partial charge in [0.2, 0.25) is 0 Å². The van der Waals surface area contributed by atoms with Crippen molar-refractivity contribution < 1.29 is 38.9 Å². The van der Waals surface area contributed by atoms with Gasteiger partial charge in [0.15, 0.2) is 23.0 Å². The number of nitro benzene ring substituents is 1. The van der Waals surface area contributed by atoms with Crippen molar-refractivity contribution >= 4 is 17.9 Å². The average molecular weight is 455 g/mol. The first-order chi connectivity index (χ1) is 15.8. The molecule has 172 valence electrons. The van der Waals surface area contributed by atoms with E-state index in [1.165, 1.54) is 32.4 Å². The number of nitro groups is 1. The summed E-state index contributed by atoms with van der Waals surface area (Å²) in [6.07, 6.45) is 0.696. The molecule has 0 aliphatic heterocycles. The molecule has 3 aromatic carbocycles. The van der Waals surface area contributed by atoms with E-state index in [9.17, 15) is 19.7 Å². The summed E-state index contributed by atoms with van der Waals surface area (Å²) in [5.74, 6) is -0.811. The molecule has 3 aromatic rings. The molecule has 0 aromatic heterocycles. The van der Waals surface area contributed by atoms with E-state index in [-0.39, 0.29) is 23.9 Å². The van der Waals surface area contributed by atoms with Crippen molar-refractivity contribution in [3.63, 3.8) is 0 Å². The standard InChI is InChI=1S/C15H13NO6.C8H8O3/c1-21-13-7-11(15(17)18)12(16(19)20)8-14(13)22-9-10-5-3-2-4-6-10;1-11-8-4-6(5-9)2-3-7(8)10/h2-8H,9H2,1H3,(H,17,18);2-5,10H,1H3. The number of carboxylic acid groups (broad SMARTS) is 1. The lowest BCUT2D eigenvalue weighted by molar-refractivity contribution is -0.385. The lowest BCUT2D eigenvalue weighted by Gasteiger charge is -2.11. The third kappa shape index (κ3) is 6.69. The highest BCUT2D eigenvalue weighted by Gasteiger charge is 2.24. The minimum Gasteiger partial charge on any atom is -0.504 e. The molecule has 0 saturated carbocycles. The number of nitrogens with zero attached hydrogens (tertiary/aromatic N) is 1. The third-order valence-corrected chi connectivity index (χ3v) is 4.29. The fraction of sp³-hybridized carbons (Fsp3) is 0.130. The number of methoxy groups -OCH3 is 2. The summed E-state index contributed by atoms with van der Waals surface area (Å²) in [4.78, 5) is 31.6. The van der Waals surface area contributed by atoms with Crippen LogP contribution in [0, 0.1) is 10.1 Å². The molecule has 0 bridgehead atoms. The normalized spacial score (nSPS) is 9.76. The van der Waals surface area contributed by atoms with Crippen molar-refractivity contribution in [2.45, 2.75) is 6.61 Å². The number of phenols is 1. The zero-order valence-electron chi connectivity index (χ0n) is 17.8. The van der Waals surface area contributed by atoms with E-state index >= 15 is 0 Å². The molecule has 0 amide bonds. The van der Waals surface area contributed by atoms with Gasteiger partial charge in [0, 0.05) is 11.6 Å². The molecule has 0 heterocycles. The molecule has 2 N–H and O–H groups in total. The van der Waals surface area contributed by atoms with Crippen molar-refractivity contribution in [2.75, 3.05) is 14.2 Å². The topological polar surface area (TPSA) is 145 Å². The maximum Gasteiger partial charge on any atom is 0.342 e. The molecule has 10 heteroatoms. The predicted molar refractivity (Wildman–Crippen MR) is 117 cm³/mol. The van der Waals surface area contributed by atoms with Crippen LogP contribution in [0.2, 0.25) is 0 Å². The van der Waals surface area contributed by atoms with Crippen LogP contribution in [0.15, 0.2) is 60.7 Å². The monoisotopic (exact) mass is 455 g/mol. The summed E-state index contributed by atoms with van der Waals surface area (Å²) >= 11 is 0. The maximum absolute atomic E-state index is 11.1. The number of carbonyl (C=O) groups excluding carboxylic acids is 1. The summed E-state index contributed by atoms with van der Waals surface area (Å²) in [6, 6.07) is 15.8. The van der Waals surface area contributed by atoms with E-state index in [2.05, 4.69) is 0 Å². The van der Waals surface area contributed by atoms with E-state index in [4.69, 9.17) is 24.4 Å². The van der Waals surface area contributed by atoms with Crippen LogP contribution in [0.1, 0.15) is 26.3 Å². The van der Waals surface area contributed by atoms with Gasteiger partial charge in [-0.3, -0.25) is 14.9 Å². The number of aromatic hydroxyl groups is 1. The molecule has 0 aliphatic rings. The highest BCUT2D eigenvalue weighted by Crippen LogP contribution is 2.35. The Labute approximate surface area is 188 Å². The predicted octanol–water partition coefficient (Wildman–Crippen LogP) is 4.09. The minimum atomic E-state index is -1.40. The van der Waals surface area contributed by atoms with Gasteiger partial charge in [0.25, 0.3) is 5.69 Å². The Morgan fingerprint density at radius 1 is 1.00 bits per heavy atom. The first-order valence-corrected chi connectivity index (χ1v) is 9.39. The number of rotatable bonds is 8. The van der Waals surface area contributed by atoms with Crippen molar-refractivity contribution in [3.05, 3.63) is 87.5 Å². The Balaban J connectivity index is 0.000000294. The number of aromatic carboxylic acids is 1. The van der Waals surface area contributed by atoms with Gasteiger partial charge in [-0.15, -0.1) is 0 Å². The highest BCUT2D eigenvalue weighted by atomic mass is 16.6. The zero-order chi connectivity index (χ0) is 24.4. The summed E-state index contributed by atoms with van der Waals surface area (Å²) < 4.78 is 15.3. The Morgan fingerprint density at radius 3 is 2.21 bits per heavy atom. The number of ether oxygens (including phenoxy) is 3. The molecule has 0 spiro atoms. The summed E-state index contributed by atoms with van der Waals surface area (Å²) in [5.41, 5.74) is 0.361. The molecule has 0 saturated heterocycles. The second-order valence-corrected chi connectivity index (χ2v) is 6.41. The third-order valence-electron chi connectivity index (χ3n) is 4.29. The van der Waals surface area contributed by atoms with Gasteiger partial charge in [-0.1, -0.05) is 30.3 Å². The quantitative estimate of drug-likeness (QED) is 0.291. The SMILES string of the molecule is COc1cc(C(=O)O)c([N+](=O)[O-])cc1OCc1ccccc1.COc1cc(C=O)ccc1O. The average Bonchev–Trinajstić information content (AvgIpc) is 2.83. The van der Waals surface area contributed by atoms with Crippen LogP contribution in [-0.2, 0) is 6.61 Å². The molecule has 0 fully saturated rings. The number of aldehydes is 1. The van der Waals surface area contributed by atoms with Crippen LogP contribution in [0.25, 0.3) is 0 Å². The van der Waals surface area contributed by atoms with Crippen molar-refractivity contribution in [1.29, 1.82) is 0 Å². The highest BCUT2D eigenvalue weighted by molar-refractivity contribution is 5.93. The molecule has 33 heavy (non-hydrogen) atoms. The molecular weight excluding hydrogens is 434 g/mol. The van der Waals surface area contributed by atoms with Crippen LogP contribution < -0.4 is 14.2 Å². The van der Waals surface area contributed by atoms with Gasteiger partial charge < -0.3 is 24.4 Å². The molecule has 0 unspecified atom stereocenters. The number of hydrogen-bond donors (Lipinski definition) is 2. The molecule has 0 aliphatic carbocycles. The van der Waals surface area contributed by atoms with Gasteiger partial charge in [-0.2, -0.15) is 0 Å². The van der Waals surface area contributed by atoms with Gasteiger partial charge in [0.1, 0.15) is 18.5 Å². The van der Waals surface area contributed by atoms with Gasteiger partial charge >= 0.3 is 5.97 Å². The first-order valence-electron chi connectivity index (χ1n) is 9.39. The molecular formula is C23H21NO9. The van der Waals surface area contributed by atoms with Gasteiger partial charge in [0.05, 0.1) is 25.2 Å². The molecule has 0 atom stereocenters. The Bertz CT molecular complexity index is 1130. The summed E-state index contributed by atoms with van der Waals surface area (Å²) in [6.45, 7) is 0.181. The van der Waals surface area contributed by atoms with E-state index in [0.717, 1.165) is 17.7 Å². The fourth-order valence-corrected chi connectivity index (χ4v) is 2.65. The van der Waals surface area contributed by atoms with E-state index in [0.29, 0.717) is 17.6 Å². The zero-order valence-corrected chi connectivity index (χ0v) is 17.8. The number of benzene rings is 3. The Morgan fingerprint density at radius 2 is 1.67 bits per heavy atom. The molecule has 10 nitrogen and oxygen atoms in total. The molecule has 3 rings (SSSR count). The smallest absolute Gasteiger partial charge is 0.342 e. The lowest BCUT2D eigenvalue weighted by atomic mass is 10.1. The van der Waals surface area contributed by atoms with Gasteiger partial charge in [-0.25, -0.2) is 4.79 Å².